The molecule has 0 spiro atoms. The van der Waals surface area contributed by atoms with Crippen molar-refractivity contribution in [2.45, 2.75) is 38.2 Å². The number of esters is 1. The minimum absolute atomic E-state index is 0.270. The fourth-order valence-corrected chi connectivity index (χ4v) is 3.30. The quantitative estimate of drug-likeness (QED) is 0.724. The second-order valence-corrected chi connectivity index (χ2v) is 6.73. The molecule has 1 aromatic carbocycles. The first-order valence-electron chi connectivity index (χ1n) is 9.24. The number of carbonyl (C=O) groups excluding carboxylic acids is 1. The first-order valence-corrected chi connectivity index (χ1v) is 9.24. The lowest BCUT2D eigenvalue weighted by atomic mass is 10.0. The molecule has 7 heteroatoms. The highest BCUT2D eigenvalue weighted by Crippen LogP contribution is 2.29. The molecule has 1 aromatic heterocycles. The summed E-state index contributed by atoms with van der Waals surface area (Å²) in [6.45, 7) is 3.68. The molecule has 1 fully saturated rings. The van der Waals surface area contributed by atoms with Crippen LogP contribution in [0.3, 0.4) is 0 Å². The lowest BCUT2D eigenvalue weighted by molar-refractivity contribution is -0.150. The summed E-state index contributed by atoms with van der Waals surface area (Å²) in [6, 6.07) is 9.55. The Morgan fingerprint density at radius 2 is 1.89 bits per heavy atom. The van der Waals surface area contributed by atoms with Gasteiger partial charge in [-0.1, -0.05) is 12.1 Å². The number of aromatic nitrogens is 2. The van der Waals surface area contributed by atoms with Gasteiger partial charge in [-0.2, -0.15) is 5.26 Å². The first-order chi connectivity index (χ1) is 13.1. The number of nitrogens with zero attached hydrogens (tertiary/aromatic N) is 4. The summed E-state index contributed by atoms with van der Waals surface area (Å²) >= 11 is 0. The normalized spacial score (nSPS) is 16.6. The minimum atomic E-state index is -1.13. The van der Waals surface area contributed by atoms with Gasteiger partial charge in [-0.3, -0.25) is 4.79 Å². The third-order valence-electron chi connectivity index (χ3n) is 4.59. The predicted octanol–water partition coefficient (Wildman–Crippen LogP) is 2.81. The zero-order valence-corrected chi connectivity index (χ0v) is 15.7. The number of anilines is 1. The average Bonchev–Trinajstić information content (AvgIpc) is 2.69. The first kappa shape index (κ1) is 19.1. The molecule has 7 nitrogen and oxygen atoms in total. The smallest absolute Gasteiger partial charge is 0.330 e. The predicted molar refractivity (Wildman–Crippen MR) is 101 cm³/mol. The van der Waals surface area contributed by atoms with Gasteiger partial charge in [0.2, 0.25) is 0 Å². The number of rotatable bonds is 6. The van der Waals surface area contributed by atoms with Gasteiger partial charge >= 0.3 is 5.97 Å². The summed E-state index contributed by atoms with van der Waals surface area (Å²) in [5, 5.41) is 9.72. The number of hydrogen-bond acceptors (Lipinski definition) is 7. The summed E-state index contributed by atoms with van der Waals surface area (Å²) in [6.07, 6.45) is 2.84. The van der Waals surface area contributed by atoms with E-state index in [4.69, 9.17) is 14.5 Å². The second-order valence-electron chi connectivity index (χ2n) is 6.73. The van der Waals surface area contributed by atoms with Crippen molar-refractivity contribution in [1.82, 2.24) is 9.97 Å². The molecular formula is C20H24N4O3. The zero-order chi connectivity index (χ0) is 19.2. The van der Waals surface area contributed by atoms with E-state index in [-0.39, 0.29) is 6.61 Å². The number of fused-ring (bicyclic) bond motifs is 1. The third-order valence-corrected chi connectivity index (χ3v) is 4.59. The Hall–Kier alpha value is -2.72. The van der Waals surface area contributed by atoms with Gasteiger partial charge in [0.1, 0.15) is 11.8 Å². The number of ether oxygens (including phenoxy) is 2. The number of benzene rings is 1. The van der Waals surface area contributed by atoms with Crippen molar-refractivity contribution < 1.29 is 14.3 Å². The average molecular weight is 368 g/mol. The van der Waals surface area contributed by atoms with Crippen LogP contribution >= 0.6 is 0 Å². The topological polar surface area (TPSA) is 88.3 Å². The standard InChI is InChI=1S/C20H24N4O3/c1-14(13-26-2)27-20(25)15(12-21)18-19(24-10-6-3-7-11-24)23-17-9-5-4-8-16(17)22-18/h4-5,8-9,14-15H,3,6-7,10-11,13H2,1-2H3/t14-,15-/m0/s1. The van der Waals surface area contributed by atoms with Crippen LogP contribution in [-0.4, -0.2) is 48.8 Å². The zero-order valence-electron chi connectivity index (χ0n) is 15.7. The van der Waals surface area contributed by atoms with Crippen LogP contribution in [0.1, 0.15) is 37.8 Å². The molecule has 2 atom stereocenters. The Kier molecular flexibility index (Phi) is 6.20. The van der Waals surface area contributed by atoms with Crippen LogP contribution in [0.4, 0.5) is 5.82 Å². The maximum absolute atomic E-state index is 12.6. The van der Waals surface area contributed by atoms with E-state index in [1.165, 1.54) is 13.5 Å². The van der Waals surface area contributed by atoms with E-state index in [0.29, 0.717) is 17.0 Å². The van der Waals surface area contributed by atoms with Crippen molar-refractivity contribution in [1.29, 1.82) is 5.26 Å². The Labute approximate surface area is 158 Å². The number of methoxy groups -OCH3 is 1. The molecule has 0 amide bonds. The van der Waals surface area contributed by atoms with Gasteiger partial charge in [0, 0.05) is 20.2 Å². The second kappa shape index (κ2) is 8.78. The molecule has 0 unspecified atom stereocenters. The number of piperidine rings is 1. The lowest BCUT2D eigenvalue weighted by Crippen LogP contribution is -2.33. The van der Waals surface area contributed by atoms with E-state index < -0.39 is 18.0 Å². The van der Waals surface area contributed by atoms with Crippen LogP contribution < -0.4 is 4.90 Å². The lowest BCUT2D eigenvalue weighted by Gasteiger charge is -2.30. The van der Waals surface area contributed by atoms with Crippen LogP contribution in [0.2, 0.25) is 0 Å². The summed E-state index contributed by atoms with van der Waals surface area (Å²) in [5.41, 5.74) is 1.78. The largest absolute Gasteiger partial charge is 0.459 e. The molecular weight excluding hydrogens is 344 g/mol. The number of nitriles is 1. The molecule has 1 aliphatic heterocycles. The van der Waals surface area contributed by atoms with Crippen molar-refractivity contribution in [3.63, 3.8) is 0 Å². The number of hydrogen-bond donors (Lipinski definition) is 0. The van der Waals surface area contributed by atoms with Crippen LogP contribution in [0.15, 0.2) is 24.3 Å². The van der Waals surface area contributed by atoms with Crippen LogP contribution in [0.25, 0.3) is 11.0 Å². The molecule has 0 aliphatic carbocycles. The molecule has 0 radical (unpaired) electrons. The fourth-order valence-electron chi connectivity index (χ4n) is 3.30. The Bertz CT molecular complexity index is 843. The molecule has 0 bridgehead atoms. The maximum Gasteiger partial charge on any atom is 0.330 e. The van der Waals surface area contributed by atoms with Crippen molar-refractivity contribution in [3.05, 3.63) is 30.0 Å². The summed E-state index contributed by atoms with van der Waals surface area (Å²) in [5.74, 6) is -1.14. The van der Waals surface area contributed by atoms with Crippen LogP contribution in [0.5, 0.6) is 0 Å². The van der Waals surface area contributed by atoms with Gasteiger partial charge in [-0.05, 0) is 38.3 Å². The molecule has 27 heavy (non-hydrogen) atoms. The van der Waals surface area contributed by atoms with Crippen molar-refractivity contribution in [3.8, 4) is 6.07 Å². The maximum atomic E-state index is 12.6. The highest BCUT2D eigenvalue weighted by atomic mass is 16.6. The fraction of sp³-hybridized carbons (Fsp3) is 0.500. The number of para-hydroxylation sites is 2. The van der Waals surface area contributed by atoms with Crippen molar-refractivity contribution in [2.75, 3.05) is 31.7 Å². The Morgan fingerprint density at radius 1 is 1.22 bits per heavy atom. The van der Waals surface area contributed by atoms with Crippen LogP contribution in [-0.2, 0) is 14.3 Å². The monoisotopic (exact) mass is 368 g/mol. The van der Waals surface area contributed by atoms with Gasteiger partial charge in [0.25, 0.3) is 0 Å². The van der Waals surface area contributed by atoms with E-state index in [2.05, 4.69) is 16.0 Å². The van der Waals surface area contributed by atoms with E-state index in [9.17, 15) is 10.1 Å². The number of carbonyl (C=O) groups is 1. The highest BCUT2D eigenvalue weighted by molar-refractivity contribution is 5.85. The Morgan fingerprint density at radius 3 is 2.52 bits per heavy atom. The SMILES string of the molecule is COC[C@H](C)OC(=O)[C@@H](C#N)c1nc2ccccc2nc1N1CCCCC1. The Balaban J connectivity index is 2.01. The van der Waals surface area contributed by atoms with Crippen molar-refractivity contribution >= 4 is 22.8 Å². The van der Waals surface area contributed by atoms with Gasteiger partial charge in [-0.15, -0.1) is 0 Å². The third kappa shape index (κ3) is 4.34. The molecule has 142 valence electrons. The minimum Gasteiger partial charge on any atom is -0.459 e. The van der Waals surface area contributed by atoms with Gasteiger partial charge in [-0.25, -0.2) is 9.97 Å². The van der Waals surface area contributed by atoms with Gasteiger partial charge in [0.15, 0.2) is 11.7 Å². The van der Waals surface area contributed by atoms with E-state index in [0.717, 1.165) is 31.4 Å². The summed E-state index contributed by atoms with van der Waals surface area (Å²) < 4.78 is 10.4. The highest BCUT2D eigenvalue weighted by Gasteiger charge is 2.31. The molecule has 2 heterocycles. The van der Waals surface area contributed by atoms with E-state index >= 15 is 0 Å². The molecule has 1 aliphatic rings. The summed E-state index contributed by atoms with van der Waals surface area (Å²) in [4.78, 5) is 24.1. The molecule has 0 N–H and O–H groups in total. The van der Waals surface area contributed by atoms with Gasteiger partial charge in [0.05, 0.1) is 23.7 Å². The van der Waals surface area contributed by atoms with Gasteiger partial charge < -0.3 is 14.4 Å². The molecule has 1 saturated heterocycles. The molecule has 2 aromatic rings. The summed E-state index contributed by atoms with van der Waals surface area (Å²) in [7, 11) is 1.54. The van der Waals surface area contributed by atoms with Crippen LogP contribution in [0, 0.1) is 11.3 Å². The van der Waals surface area contributed by atoms with E-state index in [1.54, 1.807) is 6.92 Å². The molecule has 0 saturated carbocycles. The molecule has 3 rings (SSSR count). The van der Waals surface area contributed by atoms with Crippen molar-refractivity contribution in [2.24, 2.45) is 0 Å². The van der Waals surface area contributed by atoms with E-state index in [1.807, 2.05) is 24.3 Å².